The maximum atomic E-state index is 2.34. The molecule has 0 heterocycles. The van der Waals surface area contributed by atoms with Gasteiger partial charge in [-0.05, 0) is 47.9 Å². The monoisotopic (exact) mass is 468 g/mol. The van der Waals surface area contributed by atoms with E-state index in [4.69, 9.17) is 0 Å². The molecule has 0 spiro atoms. The fourth-order valence-electron chi connectivity index (χ4n) is 4.32. The van der Waals surface area contributed by atoms with Crippen molar-refractivity contribution in [3.63, 3.8) is 0 Å². The van der Waals surface area contributed by atoms with Crippen molar-refractivity contribution >= 4 is 39.3 Å². The Balaban J connectivity index is 0.00000218. The second-order valence-corrected chi connectivity index (χ2v) is 10.5. The molecular formula is C28H22BrP. The number of hydrogen-bond donors (Lipinski definition) is 0. The molecule has 0 nitrogen and oxygen atoms in total. The summed E-state index contributed by atoms with van der Waals surface area (Å²) in [6.45, 7) is 0. The third kappa shape index (κ3) is 3.39. The van der Waals surface area contributed by atoms with E-state index in [1.165, 1.54) is 32.0 Å². The van der Waals surface area contributed by atoms with Gasteiger partial charge in [0.05, 0.1) is 0 Å². The molecule has 0 saturated carbocycles. The fourth-order valence-corrected chi connectivity index (χ4v) is 8.78. The minimum Gasteiger partial charge on any atom is -1.00 e. The highest BCUT2D eigenvalue weighted by atomic mass is 79.9. The first kappa shape index (κ1) is 20.5. The van der Waals surface area contributed by atoms with E-state index in [0.717, 1.165) is 0 Å². The molecule has 0 fully saturated rings. The molecular weight excluding hydrogens is 447 g/mol. The molecule has 5 aromatic rings. The highest BCUT2D eigenvalue weighted by Crippen LogP contribution is 2.55. The van der Waals surface area contributed by atoms with Crippen LogP contribution in [0.3, 0.4) is 0 Å². The molecule has 0 aliphatic carbocycles. The van der Waals surface area contributed by atoms with Gasteiger partial charge in [0.2, 0.25) is 0 Å². The Morgan fingerprint density at radius 1 is 0.367 bits per heavy atom. The van der Waals surface area contributed by atoms with Crippen LogP contribution in [0.2, 0.25) is 0 Å². The quantitative estimate of drug-likeness (QED) is 0.355. The van der Waals surface area contributed by atoms with Gasteiger partial charge in [-0.1, -0.05) is 91.0 Å². The lowest BCUT2D eigenvalue weighted by molar-refractivity contribution is -0.00000543. The first-order chi connectivity index (χ1) is 14.4. The number of rotatable bonds is 4. The standard InChI is InChI=1S/C28H22P.BrH/c1-4-15-24(16-5-1)29(25-17-6-2-7-18-25,26-19-8-3-9-20-26)28-22-12-14-23-13-10-11-21-27(23)28;/h1-22H;1H/q+1;/p-1. The molecule has 2 heteroatoms. The van der Waals surface area contributed by atoms with Gasteiger partial charge in [0.1, 0.15) is 28.5 Å². The molecule has 30 heavy (non-hydrogen) atoms. The highest BCUT2D eigenvalue weighted by Gasteiger charge is 2.48. The molecule has 0 atom stereocenters. The number of fused-ring (bicyclic) bond motifs is 1. The summed E-state index contributed by atoms with van der Waals surface area (Å²) in [4.78, 5) is 0. The molecule has 0 radical (unpaired) electrons. The zero-order valence-electron chi connectivity index (χ0n) is 16.5. The van der Waals surface area contributed by atoms with Crippen LogP contribution in [0, 0.1) is 0 Å². The van der Waals surface area contributed by atoms with E-state index in [1.807, 2.05) is 0 Å². The second kappa shape index (κ2) is 8.96. The first-order valence-corrected chi connectivity index (χ1v) is 11.7. The Bertz CT molecular complexity index is 1130. The molecule has 0 saturated heterocycles. The van der Waals surface area contributed by atoms with Crippen molar-refractivity contribution in [2.75, 3.05) is 0 Å². The summed E-state index contributed by atoms with van der Waals surface area (Å²) in [5, 5.41) is 8.19. The van der Waals surface area contributed by atoms with Crippen LogP contribution in [-0.4, -0.2) is 0 Å². The average molecular weight is 469 g/mol. The van der Waals surface area contributed by atoms with Crippen molar-refractivity contribution in [2.24, 2.45) is 0 Å². The average Bonchev–Trinajstić information content (AvgIpc) is 2.82. The van der Waals surface area contributed by atoms with Crippen LogP contribution < -0.4 is 38.2 Å². The fraction of sp³-hybridized carbons (Fsp3) is 0. The van der Waals surface area contributed by atoms with Crippen molar-refractivity contribution < 1.29 is 17.0 Å². The molecule has 0 aliphatic heterocycles. The van der Waals surface area contributed by atoms with E-state index in [1.54, 1.807) is 0 Å². The Morgan fingerprint density at radius 2 is 0.767 bits per heavy atom. The van der Waals surface area contributed by atoms with Gasteiger partial charge in [0, 0.05) is 5.39 Å². The van der Waals surface area contributed by atoms with Crippen molar-refractivity contribution in [3.8, 4) is 0 Å². The lowest BCUT2D eigenvalue weighted by Gasteiger charge is -2.28. The van der Waals surface area contributed by atoms with Gasteiger partial charge in [-0.15, -0.1) is 0 Å². The summed E-state index contributed by atoms with van der Waals surface area (Å²) in [6, 6.07) is 48.7. The summed E-state index contributed by atoms with van der Waals surface area (Å²) in [5.41, 5.74) is 0. The van der Waals surface area contributed by atoms with Gasteiger partial charge >= 0.3 is 0 Å². The van der Waals surface area contributed by atoms with Crippen molar-refractivity contribution in [3.05, 3.63) is 133 Å². The molecule has 0 aliphatic rings. The largest absolute Gasteiger partial charge is 1.00 e. The molecule has 0 bridgehead atoms. The molecule has 5 rings (SSSR count). The lowest BCUT2D eigenvalue weighted by Crippen LogP contribution is -3.00. The van der Waals surface area contributed by atoms with Crippen LogP contribution in [0.15, 0.2) is 133 Å². The van der Waals surface area contributed by atoms with Crippen molar-refractivity contribution in [1.29, 1.82) is 0 Å². The predicted octanol–water partition coefficient (Wildman–Crippen LogP) is 2.46. The van der Waals surface area contributed by atoms with Crippen LogP contribution in [0.4, 0.5) is 0 Å². The van der Waals surface area contributed by atoms with E-state index < -0.39 is 7.26 Å². The number of benzene rings is 5. The molecule has 0 N–H and O–H groups in total. The zero-order chi connectivity index (χ0) is 19.5. The third-order valence-electron chi connectivity index (χ3n) is 5.56. The maximum absolute atomic E-state index is 2.34. The van der Waals surface area contributed by atoms with Gasteiger partial charge in [-0.25, -0.2) is 0 Å². The number of halogens is 1. The third-order valence-corrected chi connectivity index (χ3v) is 9.89. The van der Waals surface area contributed by atoms with Gasteiger partial charge in [-0.2, -0.15) is 0 Å². The van der Waals surface area contributed by atoms with Gasteiger partial charge in [0.25, 0.3) is 0 Å². The SMILES string of the molecule is [Br-].c1ccc([P+](c2ccccc2)(c2ccccc2)c2cccc3ccccc23)cc1. The van der Waals surface area contributed by atoms with Crippen molar-refractivity contribution in [1.82, 2.24) is 0 Å². The van der Waals surface area contributed by atoms with Gasteiger partial charge in [-0.3, -0.25) is 0 Å². The van der Waals surface area contributed by atoms with E-state index in [0.29, 0.717) is 0 Å². The molecule has 5 aromatic carbocycles. The van der Waals surface area contributed by atoms with E-state index in [-0.39, 0.29) is 17.0 Å². The van der Waals surface area contributed by atoms with Gasteiger partial charge < -0.3 is 17.0 Å². The Kier molecular flexibility index (Phi) is 6.13. The molecule has 0 amide bonds. The lowest BCUT2D eigenvalue weighted by atomic mass is 10.1. The first-order valence-electron chi connectivity index (χ1n) is 9.95. The Labute approximate surface area is 189 Å². The van der Waals surface area contributed by atoms with E-state index in [2.05, 4.69) is 133 Å². The summed E-state index contributed by atoms with van der Waals surface area (Å²) >= 11 is 0. The Hall–Kier alpha value is -2.73. The smallest absolute Gasteiger partial charge is 0.144 e. The summed E-state index contributed by atoms with van der Waals surface area (Å²) in [5.74, 6) is 0. The van der Waals surface area contributed by atoms with E-state index in [9.17, 15) is 0 Å². The van der Waals surface area contributed by atoms with Crippen LogP contribution in [0.5, 0.6) is 0 Å². The summed E-state index contributed by atoms with van der Waals surface area (Å²) in [6.07, 6.45) is 0. The number of hydrogen-bond acceptors (Lipinski definition) is 0. The summed E-state index contributed by atoms with van der Waals surface area (Å²) in [7, 11) is -2.05. The summed E-state index contributed by atoms with van der Waals surface area (Å²) < 4.78 is 0. The molecule has 0 aromatic heterocycles. The highest BCUT2D eigenvalue weighted by molar-refractivity contribution is 8.01. The van der Waals surface area contributed by atoms with Crippen molar-refractivity contribution in [2.45, 2.75) is 0 Å². The normalized spacial score (nSPS) is 11.1. The van der Waals surface area contributed by atoms with Crippen LogP contribution >= 0.6 is 7.26 Å². The van der Waals surface area contributed by atoms with Gasteiger partial charge in [0.15, 0.2) is 0 Å². The topological polar surface area (TPSA) is 0 Å². The maximum Gasteiger partial charge on any atom is 0.144 e. The molecule has 146 valence electrons. The van der Waals surface area contributed by atoms with Crippen LogP contribution in [0.1, 0.15) is 0 Å². The van der Waals surface area contributed by atoms with Crippen LogP contribution in [-0.2, 0) is 0 Å². The zero-order valence-corrected chi connectivity index (χ0v) is 19.0. The molecule has 0 unspecified atom stereocenters. The Morgan fingerprint density at radius 3 is 1.27 bits per heavy atom. The van der Waals surface area contributed by atoms with Crippen LogP contribution in [0.25, 0.3) is 10.8 Å². The predicted molar refractivity (Wildman–Crippen MR) is 129 cm³/mol. The minimum atomic E-state index is -2.05. The minimum absolute atomic E-state index is 0. The second-order valence-electron chi connectivity index (χ2n) is 7.18. The van der Waals surface area contributed by atoms with E-state index >= 15 is 0 Å².